The van der Waals surface area contributed by atoms with Crippen LogP contribution < -0.4 is 18.9 Å². The largest absolute Gasteiger partial charge is 0.494 e. The Hall–Kier alpha value is -4.06. The number of para-hydroxylation sites is 2. The van der Waals surface area contributed by atoms with Gasteiger partial charge in [-0.3, -0.25) is 0 Å². The van der Waals surface area contributed by atoms with Crippen LogP contribution in [0.15, 0.2) is 97.1 Å². The molecule has 39 heavy (non-hydrogen) atoms. The standard InChI is InChI=1S/C33H34F2O4/c34-28-14-10-26(11-15-28)27-12-18-30(19-13-27)36-22-5-1-2-6-23-38-32-8-3-4-9-33(32)39-25-7-24-37-31-20-16-29(35)17-21-31/h3-4,8-21H,1-2,5-7,22-25H2. The van der Waals surface area contributed by atoms with Crippen LogP contribution in [-0.4, -0.2) is 26.4 Å². The highest BCUT2D eigenvalue weighted by atomic mass is 19.1. The lowest BCUT2D eigenvalue weighted by atomic mass is 10.1. The molecule has 6 heteroatoms. The number of benzene rings is 4. The summed E-state index contributed by atoms with van der Waals surface area (Å²) < 4.78 is 49.4. The molecule has 4 aromatic rings. The fourth-order valence-corrected chi connectivity index (χ4v) is 3.97. The second-order valence-electron chi connectivity index (χ2n) is 9.09. The number of ether oxygens (including phenoxy) is 4. The SMILES string of the molecule is Fc1ccc(OCCCOc2ccccc2OCCCCCCOc2ccc(-c3ccc(F)cc3)cc2)cc1. The predicted molar refractivity (Wildman–Crippen MR) is 150 cm³/mol. The van der Waals surface area contributed by atoms with Crippen molar-refractivity contribution in [2.45, 2.75) is 32.1 Å². The first-order valence-corrected chi connectivity index (χ1v) is 13.4. The minimum absolute atomic E-state index is 0.234. The highest BCUT2D eigenvalue weighted by Gasteiger charge is 2.05. The van der Waals surface area contributed by atoms with Gasteiger partial charge in [-0.25, -0.2) is 8.78 Å². The quantitative estimate of drug-likeness (QED) is 0.136. The summed E-state index contributed by atoms with van der Waals surface area (Å²) in [6.07, 6.45) is 4.73. The Kier molecular flexibility index (Phi) is 11.0. The third-order valence-electron chi connectivity index (χ3n) is 6.07. The van der Waals surface area contributed by atoms with E-state index in [9.17, 15) is 8.78 Å². The van der Waals surface area contributed by atoms with Gasteiger partial charge in [0.15, 0.2) is 11.5 Å². The van der Waals surface area contributed by atoms with Gasteiger partial charge in [-0.1, -0.05) is 36.4 Å². The average molecular weight is 533 g/mol. The zero-order chi connectivity index (χ0) is 27.1. The van der Waals surface area contributed by atoms with Gasteiger partial charge >= 0.3 is 0 Å². The summed E-state index contributed by atoms with van der Waals surface area (Å²) in [7, 11) is 0. The molecule has 0 aliphatic rings. The number of hydrogen-bond acceptors (Lipinski definition) is 4. The Morgan fingerprint density at radius 3 is 1.31 bits per heavy atom. The van der Waals surface area contributed by atoms with Crippen LogP contribution >= 0.6 is 0 Å². The molecule has 0 aliphatic heterocycles. The van der Waals surface area contributed by atoms with Crippen LogP contribution in [0.3, 0.4) is 0 Å². The monoisotopic (exact) mass is 532 g/mol. The summed E-state index contributed by atoms with van der Waals surface area (Å²) in [5.74, 6) is 2.43. The molecule has 0 atom stereocenters. The minimum atomic E-state index is -0.279. The van der Waals surface area contributed by atoms with E-state index in [-0.39, 0.29) is 11.6 Å². The van der Waals surface area contributed by atoms with Crippen LogP contribution in [0.4, 0.5) is 8.78 Å². The first-order chi connectivity index (χ1) is 19.2. The number of unbranched alkanes of at least 4 members (excludes halogenated alkanes) is 3. The van der Waals surface area contributed by atoms with E-state index in [4.69, 9.17) is 18.9 Å². The van der Waals surface area contributed by atoms with Crippen molar-refractivity contribution in [3.63, 3.8) is 0 Å². The van der Waals surface area contributed by atoms with Crippen molar-refractivity contribution >= 4 is 0 Å². The molecule has 0 aliphatic carbocycles. The van der Waals surface area contributed by atoms with Crippen LogP contribution in [0.2, 0.25) is 0 Å². The summed E-state index contributed by atoms with van der Waals surface area (Å²) in [6, 6.07) is 28.0. The van der Waals surface area contributed by atoms with Crippen LogP contribution in [-0.2, 0) is 0 Å². The van der Waals surface area contributed by atoms with Gasteiger partial charge in [0.05, 0.1) is 26.4 Å². The van der Waals surface area contributed by atoms with Gasteiger partial charge in [0.2, 0.25) is 0 Å². The molecule has 0 amide bonds. The zero-order valence-corrected chi connectivity index (χ0v) is 22.0. The first-order valence-electron chi connectivity index (χ1n) is 13.4. The van der Waals surface area contributed by atoms with Crippen molar-refractivity contribution in [1.29, 1.82) is 0 Å². The zero-order valence-electron chi connectivity index (χ0n) is 22.0. The lowest BCUT2D eigenvalue weighted by molar-refractivity contribution is 0.231. The first kappa shape index (κ1) is 28.0. The molecule has 0 fully saturated rings. The molecule has 4 nitrogen and oxygen atoms in total. The number of rotatable bonds is 16. The van der Waals surface area contributed by atoms with E-state index in [1.807, 2.05) is 48.5 Å². The third-order valence-corrected chi connectivity index (χ3v) is 6.07. The van der Waals surface area contributed by atoms with Gasteiger partial charge in [-0.2, -0.15) is 0 Å². The minimum Gasteiger partial charge on any atom is -0.494 e. The molecule has 0 aromatic heterocycles. The van der Waals surface area contributed by atoms with Crippen molar-refractivity contribution < 1.29 is 27.7 Å². The van der Waals surface area contributed by atoms with E-state index in [0.29, 0.717) is 38.6 Å². The smallest absolute Gasteiger partial charge is 0.161 e. The Balaban J connectivity index is 1.05. The number of halogens is 2. The summed E-state index contributed by atoms with van der Waals surface area (Å²) in [5, 5.41) is 0. The van der Waals surface area contributed by atoms with Gasteiger partial charge < -0.3 is 18.9 Å². The molecule has 0 bridgehead atoms. The molecule has 204 valence electrons. The third kappa shape index (κ3) is 9.64. The molecule has 4 rings (SSSR count). The normalized spacial score (nSPS) is 10.7. The molecule has 0 spiro atoms. The van der Waals surface area contributed by atoms with Crippen molar-refractivity contribution in [1.82, 2.24) is 0 Å². The van der Waals surface area contributed by atoms with Crippen LogP contribution in [0.1, 0.15) is 32.1 Å². The molecule has 0 radical (unpaired) electrons. The summed E-state index contributed by atoms with van der Waals surface area (Å²) in [6.45, 7) is 2.27. The van der Waals surface area contributed by atoms with Crippen molar-refractivity contribution in [3.05, 3.63) is 109 Å². The van der Waals surface area contributed by atoms with Gasteiger partial charge in [-0.15, -0.1) is 0 Å². The van der Waals surface area contributed by atoms with Crippen molar-refractivity contribution in [2.75, 3.05) is 26.4 Å². The van der Waals surface area contributed by atoms with E-state index in [2.05, 4.69) is 0 Å². The van der Waals surface area contributed by atoms with Crippen LogP contribution in [0.25, 0.3) is 11.1 Å². The summed E-state index contributed by atoms with van der Waals surface area (Å²) >= 11 is 0. The van der Waals surface area contributed by atoms with E-state index >= 15 is 0 Å². The van der Waals surface area contributed by atoms with Crippen LogP contribution in [0, 0.1) is 11.6 Å². The van der Waals surface area contributed by atoms with E-state index in [1.165, 1.54) is 24.3 Å². The maximum atomic E-state index is 13.1. The maximum absolute atomic E-state index is 13.1. The topological polar surface area (TPSA) is 36.9 Å². The molecule has 0 N–H and O–H groups in total. The Bertz CT molecular complexity index is 1240. The molecule has 0 saturated heterocycles. The number of hydrogen-bond donors (Lipinski definition) is 0. The second-order valence-corrected chi connectivity index (χ2v) is 9.09. The average Bonchev–Trinajstić information content (AvgIpc) is 2.97. The van der Waals surface area contributed by atoms with E-state index in [1.54, 1.807) is 24.3 Å². The molecule has 4 aromatic carbocycles. The highest BCUT2D eigenvalue weighted by molar-refractivity contribution is 5.64. The Morgan fingerprint density at radius 1 is 0.385 bits per heavy atom. The molecule has 0 saturated carbocycles. The summed E-state index contributed by atoms with van der Waals surface area (Å²) in [4.78, 5) is 0. The van der Waals surface area contributed by atoms with Gasteiger partial charge in [0.1, 0.15) is 23.1 Å². The van der Waals surface area contributed by atoms with E-state index < -0.39 is 0 Å². The van der Waals surface area contributed by atoms with Crippen molar-refractivity contribution in [2.24, 2.45) is 0 Å². The second kappa shape index (κ2) is 15.4. The molecule has 0 heterocycles. The molecular weight excluding hydrogens is 498 g/mol. The Labute approximate surface area is 229 Å². The predicted octanol–water partition coefficient (Wildman–Crippen LogP) is 8.50. The lowest BCUT2D eigenvalue weighted by Crippen LogP contribution is -2.06. The van der Waals surface area contributed by atoms with Gasteiger partial charge in [0, 0.05) is 6.42 Å². The summed E-state index contributed by atoms with van der Waals surface area (Å²) in [5.41, 5.74) is 2.01. The lowest BCUT2D eigenvalue weighted by Gasteiger charge is -2.13. The van der Waals surface area contributed by atoms with Crippen molar-refractivity contribution in [3.8, 4) is 34.1 Å². The Morgan fingerprint density at radius 2 is 0.769 bits per heavy atom. The fourth-order valence-electron chi connectivity index (χ4n) is 3.97. The van der Waals surface area contributed by atoms with Gasteiger partial charge in [-0.05, 0) is 97.5 Å². The highest BCUT2D eigenvalue weighted by Crippen LogP contribution is 2.27. The van der Waals surface area contributed by atoms with Gasteiger partial charge in [0.25, 0.3) is 0 Å². The molecular formula is C33H34F2O4. The molecule has 0 unspecified atom stereocenters. The fraction of sp³-hybridized carbons (Fsp3) is 0.273. The maximum Gasteiger partial charge on any atom is 0.161 e. The van der Waals surface area contributed by atoms with E-state index in [0.717, 1.165) is 54.1 Å². The van der Waals surface area contributed by atoms with Crippen LogP contribution in [0.5, 0.6) is 23.0 Å².